The number of carboxylic acid groups (broad SMARTS) is 1. The van der Waals surface area contributed by atoms with Gasteiger partial charge in [-0.3, -0.25) is 14.9 Å². The number of carboxylic acids is 1. The van der Waals surface area contributed by atoms with E-state index >= 15 is 0 Å². The minimum absolute atomic E-state index is 0.321. The highest BCUT2D eigenvalue weighted by Crippen LogP contribution is 2.27. The minimum Gasteiger partial charge on any atom is -0.480 e. The first-order valence-corrected chi connectivity index (χ1v) is 7.70. The van der Waals surface area contributed by atoms with E-state index in [2.05, 4.69) is 5.32 Å². The van der Waals surface area contributed by atoms with Crippen molar-refractivity contribution in [3.8, 4) is 0 Å². The summed E-state index contributed by atoms with van der Waals surface area (Å²) in [5, 5.41) is 11.8. The summed E-state index contributed by atoms with van der Waals surface area (Å²) in [6, 6.07) is -1.25. The van der Waals surface area contributed by atoms with Crippen LogP contribution in [0, 0.1) is 5.92 Å². The van der Waals surface area contributed by atoms with E-state index < -0.39 is 18.1 Å². The van der Waals surface area contributed by atoms with E-state index in [1.165, 1.54) is 32.1 Å². The second-order valence-corrected chi connectivity index (χ2v) is 5.61. The lowest BCUT2D eigenvalue weighted by Crippen LogP contribution is -2.46. The quantitative estimate of drug-likeness (QED) is 0.669. The van der Waals surface area contributed by atoms with Gasteiger partial charge in [-0.25, -0.2) is 0 Å². The molecule has 0 aromatic rings. The molecule has 0 spiro atoms. The molecule has 1 aliphatic rings. The molecule has 0 aliphatic heterocycles. The van der Waals surface area contributed by atoms with Crippen LogP contribution in [0.5, 0.6) is 0 Å². The highest BCUT2D eigenvalue weighted by molar-refractivity contribution is 5.78. The molecule has 0 aromatic heterocycles. The molecule has 2 unspecified atom stereocenters. The molecule has 1 rings (SSSR count). The van der Waals surface area contributed by atoms with Gasteiger partial charge in [-0.2, -0.15) is 0 Å². The highest BCUT2D eigenvalue weighted by Gasteiger charge is 2.25. The lowest BCUT2D eigenvalue weighted by molar-refractivity contribution is -0.147. The van der Waals surface area contributed by atoms with Gasteiger partial charge in [-0.1, -0.05) is 32.1 Å². The summed E-state index contributed by atoms with van der Waals surface area (Å²) in [7, 11) is 0. The van der Waals surface area contributed by atoms with Crippen molar-refractivity contribution in [2.75, 3.05) is 6.61 Å². The zero-order chi connectivity index (χ0) is 15.0. The molecule has 0 bridgehead atoms. The molecule has 1 saturated carbocycles. The number of hydrogen-bond acceptors (Lipinski definition) is 4. The third-order valence-corrected chi connectivity index (χ3v) is 3.98. The Bertz CT molecular complexity index is 313. The summed E-state index contributed by atoms with van der Waals surface area (Å²) >= 11 is 0. The first-order valence-electron chi connectivity index (χ1n) is 7.70. The van der Waals surface area contributed by atoms with Gasteiger partial charge in [0.2, 0.25) is 0 Å². The Kier molecular flexibility index (Phi) is 7.59. The van der Waals surface area contributed by atoms with Crippen molar-refractivity contribution in [2.24, 2.45) is 5.92 Å². The van der Waals surface area contributed by atoms with E-state index in [9.17, 15) is 9.59 Å². The van der Waals surface area contributed by atoms with Crippen LogP contribution in [0.4, 0.5) is 0 Å². The van der Waals surface area contributed by atoms with Gasteiger partial charge < -0.3 is 9.84 Å². The predicted molar refractivity (Wildman–Crippen MR) is 76.5 cm³/mol. The molecule has 0 heterocycles. The van der Waals surface area contributed by atoms with Crippen LogP contribution in [-0.2, 0) is 14.3 Å². The zero-order valence-corrected chi connectivity index (χ0v) is 12.6. The fourth-order valence-corrected chi connectivity index (χ4v) is 2.76. The number of carbonyl (C=O) groups is 2. The van der Waals surface area contributed by atoms with Gasteiger partial charge in [-0.15, -0.1) is 0 Å². The molecule has 20 heavy (non-hydrogen) atoms. The lowest BCUT2D eigenvalue weighted by atomic mass is 9.85. The summed E-state index contributed by atoms with van der Waals surface area (Å²) in [4.78, 5) is 22.8. The van der Waals surface area contributed by atoms with E-state index in [1.807, 2.05) is 0 Å². The number of ether oxygens (including phenoxy) is 1. The average Bonchev–Trinajstić information content (AvgIpc) is 2.44. The molecular formula is C15H27NO4. The van der Waals surface area contributed by atoms with Crippen LogP contribution in [0.2, 0.25) is 0 Å². The van der Waals surface area contributed by atoms with E-state index in [1.54, 1.807) is 13.8 Å². The van der Waals surface area contributed by atoms with Gasteiger partial charge in [0, 0.05) is 0 Å². The van der Waals surface area contributed by atoms with Crippen molar-refractivity contribution in [1.82, 2.24) is 5.32 Å². The Morgan fingerprint density at radius 1 is 1.30 bits per heavy atom. The topological polar surface area (TPSA) is 75.6 Å². The number of nitrogens with one attached hydrogen (secondary N) is 1. The number of rotatable bonds is 8. The van der Waals surface area contributed by atoms with E-state index in [-0.39, 0.29) is 5.97 Å². The molecule has 1 aliphatic carbocycles. The van der Waals surface area contributed by atoms with Gasteiger partial charge >= 0.3 is 11.9 Å². The molecule has 0 saturated heterocycles. The summed E-state index contributed by atoms with van der Waals surface area (Å²) in [5.41, 5.74) is 0. The standard InChI is InChI=1S/C15H27NO4/c1-3-20-15(19)13(16-11(2)14(17)18)10-9-12-7-5-4-6-8-12/h11-13,16H,3-10H2,1-2H3,(H,17,18). The van der Waals surface area contributed by atoms with Gasteiger partial charge in [-0.05, 0) is 32.6 Å². The zero-order valence-electron chi connectivity index (χ0n) is 12.6. The Morgan fingerprint density at radius 3 is 2.50 bits per heavy atom. The minimum atomic E-state index is -0.947. The number of hydrogen-bond donors (Lipinski definition) is 2. The molecule has 0 radical (unpaired) electrons. The van der Waals surface area contributed by atoms with E-state index in [0.29, 0.717) is 18.9 Å². The monoisotopic (exact) mass is 285 g/mol. The maximum Gasteiger partial charge on any atom is 0.323 e. The molecule has 0 amide bonds. The van der Waals surface area contributed by atoms with E-state index in [4.69, 9.17) is 9.84 Å². The molecule has 0 aromatic carbocycles. The molecule has 116 valence electrons. The summed E-state index contributed by atoms with van der Waals surface area (Å²) < 4.78 is 5.03. The fourth-order valence-electron chi connectivity index (χ4n) is 2.76. The maximum absolute atomic E-state index is 11.9. The predicted octanol–water partition coefficient (Wildman–Crippen LogP) is 2.34. The van der Waals surface area contributed by atoms with Crippen molar-refractivity contribution in [2.45, 2.75) is 70.9 Å². The Hall–Kier alpha value is -1.10. The Balaban J connectivity index is 2.48. The second-order valence-electron chi connectivity index (χ2n) is 5.61. The van der Waals surface area contributed by atoms with Crippen LogP contribution in [0.15, 0.2) is 0 Å². The van der Waals surface area contributed by atoms with Gasteiger partial charge in [0.05, 0.1) is 6.61 Å². The van der Waals surface area contributed by atoms with Gasteiger partial charge in [0.15, 0.2) is 0 Å². The molecular weight excluding hydrogens is 258 g/mol. The average molecular weight is 285 g/mol. The largest absolute Gasteiger partial charge is 0.480 e. The molecule has 5 heteroatoms. The normalized spacial score (nSPS) is 19.3. The molecule has 1 fully saturated rings. The summed E-state index contributed by atoms with van der Waals surface area (Å²) in [6.45, 7) is 3.63. The van der Waals surface area contributed by atoms with Crippen LogP contribution in [0.1, 0.15) is 58.8 Å². The lowest BCUT2D eigenvalue weighted by Gasteiger charge is -2.25. The van der Waals surface area contributed by atoms with Crippen molar-refractivity contribution < 1.29 is 19.4 Å². The number of esters is 1. The van der Waals surface area contributed by atoms with Gasteiger partial charge in [0.1, 0.15) is 12.1 Å². The number of carbonyl (C=O) groups excluding carboxylic acids is 1. The van der Waals surface area contributed by atoms with Crippen molar-refractivity contribution >= 4 is 11.9 Å². The maximum atomic E-state index is 11.9. The Morgan fingerprint density at radius 2 is 1.95 bits per heavy atom. The number of aliphatic carboxylic acids is 1. The fraction of sp³-hybridized carbons (Fsp3) is 0.867. The first kappa shape index (κ1) is 17.0. The van der Waals surface area contributed by atoms with Crippen molar-refractivity contribution in [1.29, 1.82) is 0 Å². The third kappa shape index (κ3) is 5.90. The van der Waals surface area contributed by atoms with Crippen LogP contribution >= 0.6 is 0 Å². The first-order chi connectivity index (χ1) is 9.54. The van der Waals surface area contributed by atoms with Crippen molar-refractivity contribution in [3.05, 3.63) is 0 Å². The molecule has 5 nitrogen and oxygen atoms in total. The third-order valence-electron chi connectivity index (χ3n) is 3.98. The summed E-state index contributed by atoms with van der Waals surface area (Å²) in [5.74, 6) is -0.615. The van der Waals surface area contributed by atoms with Crippen LogP contribution < -0.4 is 5.32 Å². The molecule has 2 atom stereocenters. The van der Waals surface area contributed by atoms with E-state index in [0.717, 1.165) is 6.42 Å². The second kappa shape index (κ2) is 8.95. The van der Waals surface area contributed by atoms with Crippen molar-refractivity contribution in [3.63, 3.8) is 0 Å². The SMILES string of the molecule is CCOC(=O)C(CCC1CCCCC1)NC(C)C(=O)O. The van der Waals surface area contributed by atoms with Crippen LogP contribution in [0.25, 0.3) is 0 Å². The smallest absolute Gasteiger partial charge is 0.323 e. The van der Waals surface area contributed by atoms with Crippen LogP contribution in [0.3, 0.4) is 0 Å². The highest BCUT2D eigenvalue weighted by atomic mass is 16.5. The summed E-state index contributed by atoms with van der Waals surface area (Å²) in [6.07, 6.45) is 7.92. The molecule has 2 N–H and O–H groups in total. The van der Waals surface area contributed by atoms with Crippen LogP contribution in [-0.4, -0.2) is 35.7 Å². The Labute approximate surface area is 121 Å². The van der Waals surface area contributed by atoms with Gasteiger partial charge in [0.25, 0.3) is 0 Å².